The first-order valence-corrected chi connectivity index (χ1v) is 5.10. The van der Waals surface area contributed by atoms with Crippen LogP contribution in [0.1, 0.15) is 54.4 Å². The minimum atomic E-state index is 0.0747. The van der Waals surface area contributed by atoms with Gasteiger partial charge in [-0.15, -0.1) is 0 Å². The zero-order chi connectivity index (χ0) is 9.83. The molecule has 1 fully saturated rings. The summed E-state index contributed by atoms with van der Waals surface area (Å²) in [5.74, 6) is 0. The van der Waals surface area contributed by atoms with E-state index in [0.29, 0.717) is 5.41 Å². The standard InChI is InChI=1S/C9H18O.C2H6/c1-8(2)6-5-7-10-9(8,3)4;1-2/h5-7H2,1-4H3;1-2H3. The van der Waals surface area contributed by atoms with Crippen LogP contribution in [0.5, 0.6) is 0 Å². The number of rotatable bonds is 0. The molecular formula is C11H24O. The smallest absolute Gasteiger partial charge is 0.0677 e. The summed E-state index contributed by atoms with van der Waals surface area (Å²) in [6, 6.07) is 0. The fourth-order valence-electron chi connectivity index (χ4n) is 1.34. The van der Waals surface area contributed by atoms with Gasteiger partial charge in [0.05, 0.1) is 5.60 Å². The summed E-state index contributed by atoms with van der Waals surface area (Å²) >= 11 is 0. The fourth-order valence-corrected chi connectivity index (χ4v) is 1.34. The zero-order valence-electron chi connectivity index (χ0n) is 9.53. The van der Waals surface area contributed by atoms with Crippen molar-refractivity contribution in [1.29, 1.82) is 0 Å². The molecule has 1 heteroatoms. The minimum absolute atomic E-state index is 0.0747. The molecule has 0 aromatic carbocycles. The lowest BCUT2D eigenvalue weighted by Crippen LogP contribution is -2.45. The van der Waals surface area contributed by atoms with E-state index in [2.05, 4.69) is 27.7 Å². The highest BCUT2D eigenvalue weighted by Crippen LogP contribution is 2.41. The van der Waals surface area contributed by atoms with E-state index < -0.39 is 0 Å². The Morgan fingerprint density at radius 1 is 1.00 bits per heavy atom. The maximum Gasteiger partial charge on any atom is 0.0677 e. The molecule has 0 aromatic heterocycles. The molecule has 1 saturated heterocycles. The maximum absolute atomic E-state index is 5.68. The van der Waals surface area contributed by atoms with Crippen molar-refractivity contribution in [3.8, 4) is 0 Å². The van der Waals surface area contributed by atoms with Gasteiger partial charge in [-0.2, -0.15) is 0 Å². The summed E-state index contributed by atoms with van der Waals surface area (Å²) in [4.78, 5) is 0. The molecule has 1 heterocycles. The third-order valence-corrected chi connectivity index (χ3v) is 3.04. The Kier molecular flexibility index (Phi) is 4.25. The van der Waals surface area contributed by atoms with Crippen LogP contribution in [0.3, 0.4) is 0 Å². The number of hydrogen-bond acceptors (Lipinski definition) is 1. The lowest BCUT2D eigenvalue weighted by Gasteiger charge is -2.45. The Labute approximate surface area is 77.5 Å². The molecule has 0 spiro atoms. The van der Waals surface area contributed by atoms with Crippen molar-refractivity contribution in [1.82, 2.24) is 0 Å². The summed E-state index contributed by atoms with van der Waals surface area (Å²) in [7, 11) is 0. The topological polar surface area (TPSA) is 9.23 Å². The summed E-state index contributed by atoms with van der Waals surface area (Å²) in [6.45, 7) is 13.9. The van der Waals surface area contributed by atoms with Crippen LogP contribution in [0.15, 0.2) is 0 Å². The first-order valence-electron chi connectivity index (χ1n) is 5.10. The Bertz CT molecular complexity index is 109. The van der Waals surface area contributed by atoms with E-state index in [1.54, 1.807) is 0 Å². The van der Waals surface area contributed by atoms with Crippen LogP contribution < -0.4 is 0 Å². The molecule has 0 aromatic rings. The lowest BCUT2D eigenvalue weighted by molar-refractivity contribution is -0.133. The van der Waals surface area contributed by atoms with E-state index in [1.165, 1.54) is 12.8 Å². The van der Waals surface area contributed by atoms with Gasteiger partial charge in [0.2, 0.25) is 0 Å². The van der Waals surface area contributed by atoms with Crippen molar-refractivity contribution >= 4 is 0 Å². The van der Waals surface area contributed by atoms with Gasteiger partial charge in [-0.05, 0) is 32.1 Å². The van der Waals surface area contributed by atoms with Crippen LogP contribution in [0.25, 0.3) is 0 Å². The first kappa shape index (κ1) is 12.0. The van der Waals surface area contributed by atoms with Gasteiger partial charge in [0, 0.05) is 6.61 Å². The highest BCUT2D eigenvalue weighted by molar-refractivity contribution is 4.89. The Morgan fingerprint density at radius 3 is 1.75 bits per heavy atom. The summed E-state index contributed by atoms with van der Waals surface area (Å²) in [5.41, 5.74) is 0.427. The highest BCUT2D eigenvalue weighted by atomic mass is 16.5. The van der Waals surface area contributed by atoms with Crippen molar-refractivity contribution in [2.24, 2.45) is 5.41 Å². The van der Waals surface area contributed by atoms with Gasteiger partial charge in [0.15, 0.2) is 0 Å². The van der Waals surface area contributed by atoms with Crippen molar-refractivity contribution in [3.63, 3.8) is 0 Å². The zero-order valence-corrected chi connectivity index (χ0v) is 9.53. The van der Waals surface area contributed by atoms with Crippen molar-refractivity contribution in [2.45, 2.75) is 60.0 Å². The molecule has 0 aliphatic carbocycles. The van der Waals surface area contributed by atoms with Gasteiger partial charge in [0.25, 0.3) is 0 Å². The van der Waals surface area contributed by atoms with E-state index in [-0.39, 0.29) is 5.60 Å². The summed E-state index contributed by atoms with van der Waals surface area (Å²) < 4.78 is 5.68. The molecule has 0 atom stereocenters. The van der Waals surface area contributed by atoms with Gasteiger partial charge >= 0.3 is 0 Å². The molecule has 0 saturated carbocycles. The second kappa shape index (κ2) is 4.27. The second-order valence-corrected chi connectivity index (χ2v) is 4.35. The molecule has 1 nitrogen and oxygen atoms in total. The average Bonchev–Trinajstić information content (AvgIpc) is 2.00. The van der Waals surface area contributed by atoms with Crippen LogP contribution in [-0.4, -0.2) is 12.2 Å². The van der Waals surface area contributed by atoms with Gasteiger partial charge in [0.1, 0.15) is 0 Å². The molecule has 1 aliphatic rings. The predicted octanol–water partition coefficient (Wildman–Crippen LogP) is 3.63. The van der Waals surface area contributed by atoms with E-state index >= 15 is 0 Å². The van der Waals surface area contributed by atoms with Crippen LogP contribution >= 0.6 is 0 Å². The molecule has 74 valence electrons. The van der Waals surface area contributed by atoms with E-state index in [0.717, 1.165) is 6.61 Å². The van der Waals surface area contributed by atoms with Crippen LogP contribution in [-0.2, 0) is 4.74 Å². The molecule has 0 amide bonds. The third-order valence-electron chi connectivity index (χ3n) is 3.04. The van der Waals surface area contributed by atoms with Gasteiger partial charge in [-0.3, -0.25) is 0 Å². The normalized spacial score (nSPS) is 25.5. The van der Waals surface area contributed by atoms with Crippen molar-refractivity contribution in [2.75, 3.05) is 6.61 Å². The Balaban J connectivity index is 0.000000561. The Hall–Kier alpha value is -0.0400. The third kappa shape index (κ3) is 2.48. The van der Waals surface area contributed by atoms with Crippen molar-refractivity contribution < 1.29 is 4.74 Å². The SMILES string of the molecule is CC.CC1(C)CCCOC1(C)C. The quantitative estimate of drug-likeness (QED) is 0.542. The van der Waals surface area contributed by atoms with Gasteiger partial charge in [-0.1, -0.05) is 27.7 Å². The van der Waals surface area contributed by atoms with Gasteiger partial charge in [-0.25, -0.2) is 0 Å². The predicted molar refractivity (Wildman–Crippen MR) is 54.4 cm³/mol. The molecule has 0 bridgehead atoms. The van der Waals surface area contributed by atoms with E-state index in [9.17, 15) is 0 Å². The average molecular weight is 172 g/mol. The summed E-state index contributed by atoms with van der Waals surface area (Å²) in [5, 5.41) is 0. The molecule has 1 rings (SSSR count). The largest absolute Gasteiger partial charge is 0.375 e. The summed E-state index contributed by atoms with van der Waals surface area (Å²) in [6.07, 6.45) is 2.51. The Morgan fingerprint density at radius 2 is 1.50 bits per heavy atom. The monoisotopic (exact) mass is 172 g/mol. The second-order valence-electron chi connectivity index (χ2n) is 4.35. The first-order chi connectivity index (χ1) is 5.46. The molecule has 12 heavy (non-hydrogen) atoms. The molecule has 0 unspecified atom stereocenters. The maximum atomic E-state index is 5.68. The van der Waals surface area contributed by atoms with Crippen LogP contribution in [0, 0.1) is 5.41 Å². The fraction of sp³-hybridized carbons (Fsp3) is 1.00. The van der Waals surface area contributed by atoms with Crippen LogP contribution in [0.4, 0.5) is 0 Å². The molecule has 1 aliphatic heterocycles. The number of ether oxygens (including phenoxy) is 1. The molecular weight excluding hydrogens is 148 g/mol. The number of hydrogen-bond donors (Lipinski definition) is 0. The molecule has 0 N–H and O–H groups in total. The van der Waals surface area contributed by atoms with E-state index in [4.69, 9.17) is 4.74 Å². The van der Waals surface area contributed by atoms with Crippen LogP contribution in [0.2, 0.25) is 0 Å². The van der Waals surface area contributed by atoms with Crippen molar-refractivity contribution in [3.05, 3.63) is 0 Å². The van der Waals surface area contributed by atoms with Gasteiger partial charge < -0.3 is 4.74 Å². The van der Waals surface area contributed by atoms with E-state index in [1.807, 2.05) is 13.8 Å². The minimum Gasteiger partial charge on any atom is -0.375 e. The highest BCUT2D eigenvalue weighted by Gasteiger charge is 2.39. The lowest BCUT2D eigenvalue weighted by atomic mass is 9.72. The molecule has 0 radical (unpaired) electrons.